The van der Waals surface area contributed by atoms with Gasteiger partial charge < -0.3 is 4.90 Å². The molecule has 17 heavy (non-hydrogen) atoms. The number of carbonyl (C=O) groups excluding carboxylic acids is 1. The summed E-state index contributed by atoms with van der Waals surface area (Å²) in [6, 6.07) is 10.4. The standard InChI is InChI=1S/C15H17NO/c1-12-14(17)8-10-15(12)9-5-11-16(15)13-6-3-2-4-7-13/h2-4,6-8,10,12H,5,9,11H2,1H3/t12-,15-/m1/s1. The lowest BCUT2D eigenvalue weighted by atomic mass is 9.85. The molecule has 1 fully saturated rings. The minimum absolute atomic E-state index is 0.0571. The zero-order chi connectivity index (χ0) is 11.9. The highest BCUT2D eigenvalue weighted by Crippen LogP contribution is 2.43. The molecule has 1 aromatic rings. The van der Waals surface area contributed by atoms with Crippen molar-refractivity contribution in [1.29, 1.82) is 0 Å². The van der Waals surface area contributed by atoms with Crippen molar-refractivity contribution in [2.75, 3.05) is 11.4 Å². The quantitative estimate of drug-likeness (QED) is 0.735. The molecular formula is C15H17NO. The van der Waals surface area contributed by atoms with Gasteiger partial charge in [-0.05, 0) is 31.1 Å². The summed E-state index contributed by atoms with van der Waals surface area (Å²) < 4.78 is 0. The fourth-order valence-corrected chi connectivity index (χ4v) is 3.23. The molecule has 1 aliphatic heterocycles. The second kappa shape index (κ2) is 3.73. The Balaban J connectivity index is 2.01. The topological polar surface area (TPSA) is 20.3 Å². The highest BCUT2D eigenvalue weighted by Gasteiger charge is 2.48. The molecule has 0 N–H and O–H groups in total. The number of ketones is 1. The van der Waals surface area contributed by atoms with Crippen molar-refractivity contribution in [3.8, 4) is 0 Å². The van der Waals surface area contributed by atoms with E-state index in [1.54, 1.807) is 6.08 Å². The van der Waals surface area contributed by atoms with E-state index < -0.39 is 0 Å². The molecule has 88 valence electrons. The molecule has 3 rings (SSSR count). The first-order chi connectivity index (χ1) is 8.24. The molecule has 2 nitrogen and oxygen atoms in total. The van der Waals surface area contributed by atoms with Crippen LogP contribution in [0.4, 0.5) is 5.69 Å². The van der Waals surface area contributed by atoms with Gasteiger partial charge >= 0.3 is 0 Å². The normalized spacial score (nSPS) is 31.7. The van der Waals surface area contributed by atoms with Gasteiger partial charge in [-0.15, -0.1) is 0 Å². The number of carbonyl (C=O) groups is 1. The lowest BCUT2D eigenvalue weighted by Gasteiger charge is -2.38. The van der Waals surface area contributed by atoms with Gasteiger partial charge in [-0.3, -0.25) is 4.79 Å². The molecule has 1 spiro atoms. The maximum Gasteiger partial charge on any atom is 0.160 e. The third-order valence-corrected chi connectivity index (χ3v) is 4.24. The van der Waals surface area contributed by atoms with E-state index in [-0.39, 0.29) is 17.2 Å². The second-order valence-corrected chi connectivity index (χ2v) is 5.04. The molecule has 2 heteroatoms. The van der Waals surface area contributed by atoms with Crippen LogP contribution < -0.4 is 4.90 Å². The number of nitrogens with zero attached hydrogens (tertiary/aromatic N) is 1. The van der Waals surface area contributed by atoms with Crippen LogP contribution in [0.25, 0.3) is 0 Å². The van der Waals surface area contributed by atoms with Crippen molar-refractivity contribution in [3.63, 3.8) is 0 Å². The summed E-state index contributed by atoms with van der Waals surface area (Å²) in [4.78, 5) is 14.2. The Kier molecular flexibility index (Phi) is 2.32. The fourth-order valence-electron chi connectivity index (χ4n) is 3.23. The van der Waals surface area contributed by atoms with E-state index in [4.69, 9.17) is 0 Å². The van der Waals surface area contributed by atoms with Crippen molar-refractivity contribution in [1.82, 2.24) is 0 Å². The number of para-hydroxylation sites is 1. The molecule has 0 aromatic heterocycles. The summed E-state index contributed by atoms with van der Waals surface area (Å²) in [5.41, 5.74) is 1.18. The molecular weight excluding hydrogens is 210 g/mol. The molecule has 0 amide bonds. The van der Waals surface area contributed by atoms with Crippen LogP contribution in [0.2, 0.25) is 0 Å². The van der Waals surface area contributed by atoms with Crippen molar-refractivity contribution in [2.24, 2.45) is 5.92 Å². The summed E-state index contributed by atoms with van der Waals surface area (Å²) in [6.07, 6.45) is 6.15. The molecule has 0 unspecified atom stereocenters. The minimum atomic E-state index is -0.0571. The molecule has 1 saturated heterocycles. The van der Waals surface area contributed by atoms with Crippen molar-refractivity contribution >= 4 is 11.5 Å². The Labute approximate surface area is 102 Å². The highest BCUT2D eigenvalue weighted by atomic mass is 16.1. The summed E-state index contributed by atoms with van der Waals surface area (Å²) >= 11 is 0. The predicted octanol–water partition coefficient (Wildman–Crippen LogP) is 2.80. The number of hydrogen-bond acceptors (Lipinski definition) is 2. The van der Waals surface area contributed by atoms with Gasteiger partial charge in [0, 0.05) is 18.2 Å². The predicted molar refractivity (Wildman–Crippen MR) is 69.1 cm³/mol. The van der Waals surface area contributed by atoms with Crippen LogP contribution in [0, 0.1) is 5.92 Å². The third-order valence-electron chi connectivity index (χ3n) is 4.24. The van der Waals surface area contributed by atoms with Crippen LogP contribution >= 0.6 is 0 Å². The lowest BCUT2D eigenvalue weighted by molar-refractivity contribution is -0.118. The van der Waals surface area contributed by atoms with Crippen LogP contribution in [0.15, 0.2) is 42.5 Å². The van der Waals surface area contributed by atoms with Gasteiger partial charge in [0.2, 0.25) is 0 Å². The number of anilines is 1. The Hall–Kier alpha value is -1.57. The maximum atomic E-state index is 11.8. The Bertz CT molecular complexity index is 465. The molecule has 1 heterocycles. The lowest BCUT2D eigenvalue weighted by Crippen LogP contribution is -2.47. The average molecular weight is 227 g/mol. The van der Waals surface area contributed by atoms with Crippen molar-refractivity contribution in [3.05, 3.63) is 42.5 Å². The zero-order valence-electron chi connectivity index (χ0n) is 10.1. The molecule has 2 atom stereocenters. The number of benzene rings is 1. The smallest absolute Gasteiger partial charge is 0.160 e. The fraction of sp³-hybridized carbons (Fsp3) is 0.400. The Morgan fingerprint density at radius 1 is 1.29 bits per heavy atom. The van der Waals surface area contributed by atoms with Crippen LogP contribution in [0.5, 0.6) is 0 Å². The first-order valence-corrected chi connectivity index (χ1v) is 6.30. The Morgan fingerprint density at radius 2 is 2.06 bits per heavy atom. The van der Waals surface area contributed by atoms with Gasteiger partial charge in [-0.25, -0.2) is 0 Å². The SMILES string of the molecule is C[C@@H]1C(=O)C=C[C@]12CCCN2c1ccccc1. The van der Waals surface area contributed by atoms with Crippen LogP contribution in [0.3, 0.4) is 0 Å². The summed E-state index contributed by atoms with van der Waals surface area (Å²) in [5, 5.41) is 0. The Morgan fingerprint density at radius 3 is 2.71 bits per heavy atom. The molecule has 1 aromatic carbocycles. The van der Waals surface area contributed by atoms with Gasteiger partial charge in [0.05, 0.1) is 5.54 Å². The van der Waals surface area contributed by atoms with Crippen molar-refractivity contribution < 1.29 is 4.79 Å². The monoisotopic (exact) mass is 227 g/mol. The van der Waals surface area contributed by atoms with E-state index in [9.17, 15) is 4.79 Å². The van der Waals surface area contributed by atoms with E-state index in [1.807, 2.05) is 6.07 Å². The van der Waals surface area contributed by atoms with Gasteiger partial charge in [0.1, 0.15) is 0 Å². The van der Waals surface area contributed by atoms with Gasteiger partial charge in [0.15, 0.2) is 5.78 Å². The average Bonchev–Trinajstić information content (AvgIpc) is 2.91. The van der Waals surface area contributed by atoms with Gasteiger partial charge in [-0.1, -0.05) is 31.2 Å². The second-order valence-electron chi connectivity index (χ2n) is 5.04. The third kappa shape index (κ3) is 1.43. The van der Waals surface area contributed by atoms with Gasteiger partial charge in [-0.2, -0.15) is 0 Å². The first-order valence-electron chi connectivity index (χ1n) is 6.30. The first kappa shape index (κ1) is 10.6. The van der Waals surface area contributed by atoms with Crippen LogP contribution in [0.1, 0.15) is 19.8 Å². The molecule has 0 bridgehead atoms. The molecule has 1 aliphatic carbocycles. The van der Waals surface area contributed by atoms with E-state index >= 15 is 0 Å². The maximum absolute atomic E-state index is 11.8. The van der Waals surface area contributed by atoms with E-state index in [0.717, 1.165) is 19.4 Å². The minimum Gasteiger partial charge on any atom is -0.362 e. The summed E-state index contributed by atoms with van der Waals surface area (Å²) in [5.74, 6) is 0.359. The van der Waals surface area contributed by atoms with E-state index in [2.05, 4.69) is 42.2 Å². The van der Waals surface area contributed by atoms with E-state index in [1.165, 1.54) is 5.69 Å². The van der Waals surface area contributed by atoms with E-state index in [0.29, 0.717) is 0 Å². The van der Waals surface area contributed by atoms with Crippen LogP contribution in [-0.4, -0.2) is 17.9 Å². The number of rotatable bonds is 1. The zero-order valence-corrected chi connectivity index (χ0v) is 10.1. The summed E-state index contributed by atoms with van der Waals surface area (Å²) in [6.45, 7) is 3.11. The van der Waals surface area contributed by atoms with Gasteiger partial charge in [0.25, 0.3) is 0 Å². The summed E-state index contributed by atoms with van der Waals surface area (Å²) in [7, 11) is 0. The molecule has 0 saturated carbocycles. The number of hydrogen-bond donors (Lipinski definition) is 0. The van der Waals surface area contributed by atoms with Crippen LogP contribution in [-0.2, 0) is 4.79 Å². The van der Waals surface area contributed by atoms with Crippen molar-refractivity contribution in [2.45, 2.75) is 25.3 Å². The molecule has 0 radical (unpaired) electrons. The largest absolute Gasteiger partial charge is 0.362 e. The highest BCUT2D eigenvalue weighted by molar-refractivity contribution is 5.97. The molecule has 2 aliphatic rings. The number of allylic oxidation sites excluding steroid dienone is 1.